The van der Waals surface area contributed by atoms with Crippen molar-refractivity contribution in [2.24, 2.45) is 0 Å². The number of cyclic esters (lactones) is 2. The molecule has 1 unspecified atom stereocenters. The van der Waals surface area contributed by atoms with E-state index in [9.17, 15) is 19.2 Å². The lowest BCUT2D eigenvalue weighted by Crippen LogP contribution is -2.42. The van der Waals surface area contributed by atoms with E-state index in [-0.39, 0.29) is 16.9 Å². The fourth-order valence-electron chi connectivity index (χ4n) is 2.87. The van der Waals surface area contributed by atoms with Crippen molar-refractivity contribution >= 4 is 29.4 Å². The molecule has 0 bridgehead atoms. The fraction of sp³-hybridized carbons (Fsp3) is 0.250. The van der Waals surface area contributed by atoms with Gasteiger partial charge in [-0.25, -0.2) is 14.4 Å². The van der Waals surface area contributed by atoms with Crippen molar-refractivity contribution in [2.45, 2.75) is 39.6 Å². The van der Waals surface area contributed by atoms with E-state index in [1.165, 1.54) is 39.1 Å². The van der Waals surface area contributed by atoms with Crippen LogP contribution in [0.5, 0.6) is 0 Å². The van der Waals surface area contributed by atoms with Crippen LogP contribution in [0.3, 0.4) is 0 Å². The number of aryl methyl sites for hydroxylation is 1. The molecule has 0 saturated carbocycles. The summed E-state index contributed by atoms with van der Waals surface area (Å²) in [6.45, 7) is 6.35. The first kappa shape index (κ1) is 22.7. The highest BCUT2D eigenvalue weighted by atomic mass is 16.7. The standard InChI is InChI=1S/C24H23NO7/c1-14-5-7-16(8-6-14)20(26)15(2)30-21(27)17-9-11-18(12-10-17)25-13-19-22(28)31-24(3,4)32-23(19)29/h5-13,15,25H,1-4H3. The number of hydrogen-bond acceptors (Lipinski definition) is 8. The molecule has 1 heterocycles. The number of nitrogens with one attached hydrogen (secondary N) is 1. The van der Waals surface area contributed by atoms with E-state index in [2.05, 4.69) is 5.32 Å². The van der Waals surface area contributed by atoms with Gasteiger partial charge in [-0.1, -0.05) is 29.8 Å². The van der Waals surface area contributed by atoms with Crippen LogP contribution in [0, 0.1) is 6.92 Å². The second kappa shape index (κ2) is 9.05. The number of benzene rings is 2. The van der Waals surface area contributed by atoms with Gasteiger partial charge in [0.15, 0.2) is 11.7 Å². The maximum Gasteiger partial charge on any atom is 0.350 e. The van der Waals surface area contributed by atoms with Crippen LogP contribution in [0.25, 0.3) is 0 Å². The Labute approximate surface area is 185 Å². The minimum atomic E-state index is -1.31. The quantitative estimate of drug-likeness (QED) is 0.316. The van der Waals surface area contributed by atoms with Crippen LogP contribution in [0.2, 0.25) is 0 Å². The molecule has 166 valence electrons. The van der Waals surface area contributed by atoms with Gasteiger partial charge in [0.2, 0.25) is 5.78 Å². The maximum atomic E-state index is 12.4. The molecule has 8 heteroatoms. The molecule has 0 amide bonds. The Morgan fingerprint density at radius 2 is 1.47 bits per heavy atom. The van der Waals surface area contributed by atoms with E-state index >= 15 is 0 Å². The summed E-state index contributed by atoms with van der Waals surface area (Å²) in [6.07, 6.45) is 0.232. The number of carbonyl (C=O) groups excluding carboxylic acids is 4. The number of hydrogen-bond donors (Lipinski definition) is 1. The van der Waals surface area contributed by atoms with E-state index in [0.717, 1.165) is 5.56 Å². The van der Waals surface area contributed by atoms with Crippen LogP contribution in [-0.2, 0) is 23.8 Å². The second-order valence-corrected chi connectivity index (χ2v) is 7.74. The highest BCUT2D eigenvalue weighted by Gasteiger charge is 2.38. The zero-order valence-electron chi connectivity index (χ0n) is 18.1. The summed E-state index contributed by atoms with van der Waals surface area (Å²) in [7, 11) is 0. The first-order chi connectivity index (χ1) is 15.1. The Balaban J connectivity index is 1.61. The van der Waals surface area contributed by atoms with Gasteiger partial charge in [0, 0.05) is 31.3 Å². The second-order valence-electron chi connectivity index (χ2n) is 7.74. The SMILES string of the molecule is Cc1ccc(C(=O)C(C)OC(=O)c2ccc(NC=C3C(=O)OC(C)(C)OC3=O)cc2)cc1. The van der Waals surface area contributed by atoms with Gasteiger partial charge >= 0.3 is 17.9 Å². The first-order valence-electron chi connectivity index (χ1n) is 9.91. The molecule has 1 fully saturated rings. The molecule has 0 aromatic heterocycles. The summed E-state index contributed by atoms with van der Waals surface area (Å²) in [4.78, 5) is 48.7. The number of rotatable bonds is 6. The third-order valence-corrected chi connectivity index (χ3v) is 4.61. The topological polar surface area (TPSA) is 108 Å². The average molecular weight is 437 g/mol. The van der Waals surface area contributed by atoms with Gasteiger partial charge in [-0.3, -0.25) is 4.79 Å². The average Bonchev–Trinajstić information content (AvgIpc) is 2.72. The van der Waals surface area contributed by atoms with Gasteiger partial charge in [0.25, 0.3) is 5.79 Å². The van der Waals surface area contributed by atoms with Gasteiger partial charge in [0.05, 0.1) is 5.56 Å². The van der Waals surface area contributed by atoms with E-state index < -0.39 is 29.8 Å². The smallest absolute Gasteiger partial charge is 0.350 e. The van der Waals surface area contributed by atoms with Gasteiger partial charge in [-0.05, 0) is 38.1 Å². The summed E-state index contributed by atoms with van der Waals surface area (Å²) >= 11 is 0. The van der Waals surface area contributed by atoms with Crippen LogP contribution < -0.4 is 5.32 Å². The lowest BCUT2D eigenvalue weighted by Gasteiger charge is -2.29. The Morgan fingerprint density at radius 1 is 0.938 bits per heavy atom. The molecule has 3 rings (SSSR count). The monoisotopic (exact) mass is 437 g/mol. The molecule has 1 atom stereocenters. The highest BCUT2D eigenvalue weighted by molar-refractivity contribution is 6.15. The molecule has 32 heavy (non-hydrogen) atoms. The van der Waals surface area contributed by atoms with Crippen LogP contribution in [0.4, 0.5) is 5.69 Å². The van der Waals surface area contributed by atoms with Crippen molar-refractivity contribution in [3.05, 3.63) is 77.0 Å². The summed E-state index contributed by atoms with van der Waals surface area (Å²) in [5.74, 6) is -3.86. The summed E-state index contributed by atoms with van der Waals surface area (Å²) in [5, 5.41) is 2.78. The molecule has 2 aromatic carbocycles. The summed E-state index contributed by atoms with van der Waals surface area (Å²) in [6, 6.07) is 13.1. The van der Waals surface area contributed by atoms with E-state index in [1.807, 2.05) is 19.1 Å². The zero-order valence-corrected chi connectivity index (χ0v) is 18.1. The normalized spacial score (nSPS) is 15.8. The summed E-state index contributed by atoms with van der Waals surface area (Å²) < 4.78 is 15.3. The predicted octanol–water partition coefficient (Wildman–Crippen LogP) is 3.56. The lowest BCUT2D eigenvalue weighted by molar-refractivity contribution is -0.222. The molecule has 1 saturated heterocycles. The van der Waals surface area contributed by atoms with E-state index in [4.69, 9.17) is 14.2 Å². The van der Waals surface area contributed by atoms with Crippen molar-refractivity contribution in [2.75, 3.05) is 5.32 Å². The van der Waals surface area contributed by atoms with Crippen molar-refractivity contribution in [1.29, 1.82) is 0 Å². The molecule has 1 aliphatic heterocycles. The highest BCUT2D eigenvalue weighted by Crippen LogP contribution is 2.23. The minimum absolute atomic E-state index is 0.241. The van der Waals surface area contributed by atoms with E-state index in [1.54, 1.807) is 24.3 Å². The minimum Gasteiger partial charge on any atom is -0.451 e. The number of ether oxygens (including phenoxy) is 3. The number of carbonyl (C=O) groups is 4. The fourth-order valence-corrected chi connectivity index (χ4v) is 2.87. The number of esters is 3. The molecule has 2 aromatic rings. The third-order valence-electron chi connectivity index (χ3n) is 4.61. The Bertz CT molecular complexity index is 1060. The molecule has 0 spiro atoms. The third kappa shape index (κ3) is 5.40. The van der Waals surface area contributed by atoms with Gasteiger partial charge in [0.1, 0.15) is 0 Å². The van der Waals surface area contributed by atoms with E-state index in [0.29, 0.717) is 11.3 Å². The van der Waals surface area contributed by atoms with Crippen molar-refractivity contribution in [3.8, 4) is 0 Å². The first-order valence-corrected chi connectivity index (χ1v) is 9.91. The van der Waals surface area contributed by atoms with Crippen LogP contribution >= 0.6 is 0 Å². The van der Waals surface area contributed by atoms with Crippen molar-refractivity contribution < 1.29 is 33.4 Å². The molecular weight excluding hydrogens is 414 g/mol. The van der Waals surface area contributed by atoms with Gasteiger partial charge in [-0.15, -0.1) is 0 Å². The Kier molecular flexibility index (Phi) is 6.43. The number of anilines is 1. The Hall–Kier alpha value is -3.94. The van der Waals surface area contributed by atoms with Gasteiger partial charge < -0.3 is 19.5 Å². The largest absolute Gasteiger partial charge is 0.451 e. The predicted molar refractivity (Wildman–Crippen MR) is 115 cm³/mol. The van der Waals surface area contributed by atoms with Crippen LogP contribution in [0.1, 0.15) is 47.1 Å². The zero-order chi connectivity index (χ0) is 23.5. The molecule has 0 radical (unpaired) electrons. The molecular formula is C24H23NO7. The summed E-state index contributed by atoms with van der Waals surface area (Å²) in [5.41, 5.74) is 1.95. The van der Waals surface area contributed by atoms with Crippen molar-refractivity contribution in [1.82, 2.24) is 0 Å². The maximum absolute atomic E-state index is 12.4. The van der Waals surface area contributed by atoms with Crippen LogP contribution in [-0.4, -0.2) is 35.6 Å². The van der Waals surface area contributed by atoms with Gasteiger partial charge in [-0.2, -0.15) is 0 Å². The van der Waals surface area contributed by atoms with Crippen LogP contribution in [0.15, 0.2) is 60.3 Å². The lowest BCUT2D eigenvalue weighted by atomic mass is 10.1. The molecule has 1 aliphatic rings. The molecule has 0 aliphatic carbocycles. The number of ketones is 1. The molecule has 8 nitrogen and oxygen atoms in total. The number of Topliss-reactive ketones (excluding diaryl/α,β-unsaturated/α-hetero) is 1. The molecule has 1 N–H and O–H groups in total. The van der Waals surface area contributed by atoms with Crippen molar-refractivity contribution in [3.63, 3.8) is 0 Å². The Morgan fingerprint density at radius 3 is 2.03 bits per heavy atom.